The van der Waals surface area contributed by atoms with Gasteiger partial charge in [0.1, 0.15) is 5.82 Å². The Labute approximate surface area is 107 Å². The van der Waals surface area contributed by atoms with E-state index in [1.54, 1.807) is 24.1 Å². The Balaban J connectivity index is 2.10. The normalized spacial score (nSPS) is 23.7. The molecule has 5 heteroatoms. The highest BCUT2D eigenvalue weighted by atomic mass is 16.3. The fraction of sp³-hybridized carbons (Fsp3) is 0.538. The fourth-order valence-corrected chi connectivity index (χ4v) is 2.43. The first-order valence-electron chi connectivity index (χ1n) is 6.26. The van der Waals surface area contributed by atoms with E-state index in [1.165, 1.54) is 6.20 Å². The molecule has 1 aliphatic carbocycles. The van der Waals surface area contributed by atoms with Gasteiger partial charge in [-0.1, -0.05) is 12.8 Å². The van der Waals surface area contributed by atoms with Crippen molar-refractivity contribution in [2.45, 2.75) is 37.8 Å². The summed E-state index contributed by atoms with van der Waals surface area (Å²) in [5.41, 5.74) is 6.00. The number of carbonyl (C=O) groups is 1. The fourth-order valence-electron chi connectivity index (χ4n) is 2.43. The highest BCUT2D eigenvalue weighted by molar-refractivity contribution is 5.94. The number of carbonyl (C=O) groups excluding carboxylic acids is 1. The molecule has 5 nitrogen and oxygen atoms in total. The van der Waals surface area contributed by atoms with Crippen molar-refractivity contribution in [1.82, 2.24) is 9.88 Å². The summed E-state index contributed by atoms with van der Waals surface area (Å²) in [5, 5.41) is 9.95. The molecule has 1 heterocycles. The third-order valence-electron chi connectivity index (χ3n) is 3.55. The molecule has 0 aliphatic heterocycles. The zero-order chi connectivity index (χ0) is 13.1. The smallest absolute Gasteiger partial charge is 0.255 e. The summed E-state index contributed by atoms with van der Waals surface area (Å²) in [5.74, 6) is 0.278. The zero-order valence-corrected chi connectivity index (χ0v) is 10.5. The molecule has 1 amide bonds. The van der Waals surface area contributed by atoms with E-state index in [4.69, 9.17) is 5.73 Å². The van der Waals surface area contributed by atoms with Crippen LogP contribution in [0.4, 0.5) is 5.82 Å². The second-order valence-electron chi connectivity index (χ2n) is 4.81. The summed E-state index contributed by atoms with van der Waals surface area (Å²) in [6, 6.07) is 3.18. The number of likely N-dealkylation sites (N-methyl/N-ethyl adjacent to an activating group) is 1. The van der Waals surface area contributed by atoms with E-state index in [0.717, 1.165) is 25.7 Å². The van der Waals surface area contributed by atoms with Gasteiger partial charge in [0.15, 0.2) is 0 Å². The number of pyridine rings is 1. The van der Waals surface area contributed by atoms with Crippen molar-refractivity contribution < 1.29 is 9.90 Å². The Morgan fingerprint density at radius 1 is 1.44 bits per heavy atom. The molecule has 1 saturated carbocycles. The average molecular weight is 249 g/mol. The van der Waals surface area contributed by atoms with Crippen LogP contribution in [0.1, 0.15) is 36.0 Å². The molecule has 2 unspecified atom stereocenters. The SMILES string of the molecule is CN(C(=O)c1ccc(N)nc1)C1CCCCC1O. The van der Waals surface area contributed by atoms with E-state index < -0.39 is 6.10 Å². The van der Waals surface area contributed by atoms with Crippen molar-refractivity contribution >= 4 is 11.7 Å². The van der Waals surface area contributed by atoms with Gasteiger partial charge < -0.3 is 15.7 Å². The lowest BCUT2D eigenvalue weighted by Gasteiger charge is -2.35. The van der Waals surface area contributed by atoms with E-state index in [9.17, 15) is 9.90 Å². The van der Waals surface area contributed by atoms with Crippen LogP contribution in [-0.4, -0.2) is 40.1 Å². The first-order chi connectivity index (χ1) is 8.59. The van der Waals surface area contributed by atoms with Gasteiger partial charge in [0.05, 0.1) is 17.7 Å². The van der Waals surface area contributed by atoms with Crippen LogP contribution in [0.2, 0.25) is 0 Å². The maximum absolute atomic E-state index is 12.2. The molecule has 0 bridgehead atoms. The summed E-state index contributed by atoms with van der Waals surface area (Å²) in [7, 11) is 1.73. The van der Waals surface area contributed by atoms with Crippen LogP contribution in [0.3, 0.4) is 0 Å². The lowest BCUT2D eigenvalue weighted by atomic mass is 9.91. The van der Waals surface area contributed by atoms with Crippen molar-refractivity contribution in [2.75, 3.05) is 12.8 Å². The van der Waals surface area contributed by atoms with Gasteiger partial charge in [-0.05, 0) is 25.0 Å². The van der Waals surface area contributed by atoms with Crippen LogP contribution in [0.25, 0.3) is 0 Å². The molecular formula is C13H19N3O2. The maximum Gasteiger partial charge on any atom is 0.255 e. The van der Waals surface area contributed by atoms with Crippen molar-refractivity contribution in [3.05, 3.63) is 23.9 Å². The molecule has 0 radical (unpaired) electrons. The summed E-state index contributed by atoms with van der Waals surface area (Å²) >= 11 is 0. The third-order valence-corrected chi connectivity index (χ3v) is 3.55. The summed E-state index contributed by atoms with van der Waals surface area (Å²) < 4.78 is 0. The van der Waals surface area contributed by atoms with E-state index in [2.05, 4.69) is 4.98 Å². The first-order valence-corrected chi connectivity index (χ1v) is 6.26. The van der Waals surface area contributed by atoms with Crippen molar-refractivity contribution in [3.8, 4) is 0 Å². The molecule has 1 fully saturated rings. The van der Waals surface area contributed by atoms with Gasteiger partial charge in [-0.15, -0.1) is 0 Å². The Hall–Kier alpha value is -1.62. The second-order valence-corrected chi connectivity index (χ2v) is 4.81. The number of hydrogen-bond acceptors (Lipinski definition) is 4. The number of aliphatic hydroxyl groups excluding tert-OH is 1. The van der Waals surface area contributed by atoms with Gasteiger partial charge >= 0.3 is 0 Å². The van der Waals surface area contributed by atoms with Crippen molar-refractivity contribution in [1.29, 1.82) is 0 Å². The number of nitrogens with zero attached hydrogens (tertiary/aromatic N) is 2. The van der Waals surface area contributed by atoms with E-state index in [1.807, 2.05) is 0 Å². The number of amides is 1. The minimum Gasteiger partial charge on any atom is -0.391 e. The minimum absolute atomic E-state index is 0.0937. The average Bonchev–Trinajstić information content (AvgIpc) is 2.38. The number of anilines is 1. The molecule has 1 aliphatic rings. The summed E-state index contributed by atoms with van der Waals surface area (Å²) in [6.45, 7) is 0. The van der Waals surface area contributed by atoms with Gasteiger partial charge in [0.25, 0.3) is 5.91 Å². The van der Waals surface area contributed by atoms with Crippen molar-refractivity contribution in [2.24, 2.45) is 0 Å². The molecule has 2 rings (SSSR count). The number of nitrogen functional groups attached to an aromatic ring is 1. The molecule has 0 saturated heterocycles. The highest BCUT2D eigenvalue weighted by Gasteiger charge is 2.29. The van der Waals surface area contributed by atoms with Gasteiger partial charge in [-0.3, -0.25) is 4.79 Å². The lowest BCUT2D eigenvalue weighted by molar-refractivity contribution is 0.0268. The molecule has 1 aromatic heterocycles. The Morgan fingerprint density at radius 2 is 2.17 bits per heavy atom. The predicted molar refractivity (Wildman–Crippen MR) is 69.0 cm³/mol. The summed E-state index contributed by atoms with van der Waals surface area (Å²) in [6.07, 6.45) is 4.76. The number of hydrogen-bond donors (Lipinski definition) is 2. The molecule has 1 aromatic rings. The minimum atomic E-state index is -0.422. The second kappa shape index (κ2) is 5.35. The standard InChI is InChI=1S/C13H19N3O2/c1-16(10-4-2-3-5-11(10)17)13(18)9-6-7-12(14)15-8-9/h6-8,10-11,17H,2-5H2,1H3,(H2,14,15). The molecule has 0 aromatic carbocycles. The molecule has 98 valence electrons. The maximum atomic E-state index is 12.2. The quantitative estimate of drug-likeness (QED) is 0.820. The van der Waals surface area contributed by atoms with Gasteiger partial charge in [-0.2, -0.15) is 0 Å². The number of rotatable bonds is 2. The van der Waals surface area contributed by atoms with E-state index in [-0.39, 0.29) is 11.9 Å². The Bertz CT molecular complexity index is 419. The first kappa shape index (κ1) is 12.8. The zero-order valence-electron chi connectivity index (χ0n) is 10.5. The topological polar surface area (TPSA) is 79.5 Å². The Morgan fingerprint density at radius 3 is 2.78 bits per heavy atom. The van der Waals surface area contributed by atoms with Crippen LogP contribution < -0.4 is 5.73 Å². The van der Waals surface area contributed by atoms with Crippen LogP contribution >= 0.6 is 0 Å². The highest BCUT2D eigenvalue weighted by Crippen LogP contribution is 2.23. The van der Waals surface area contributed by atoms with Gasteiger partial charge in [0, 0.05) is 13.2 Å². The Kier molecular flexibility index (Phi) is 3.81. The molecule has 0 spiro atoms. The van der Waals surface area contributed by atoms with Gasteiger partial charge in [-0.25, -0.2) is 4.98 Å². The predicted octanol–water partition coefficient (Wildman–Crippen LogP) is 1.04. The molecule has 18 heavy (non-hydrogen) atoms. The van der Waals surface area contributed by atoms with Crippen LogP contribution in [0, 0.1) is 0 Å². The number of aliphatic hydroxyl groups is 1. The number of aromatic nitrogens is 1. The monoisotopic (exact) mass is 249 g/mol. The summed E-state index contributed by atoms with van der Waals surface area (Å²) in [4.78, 5) is 17.8. The van der Waals surface area contributed by atoms with Crippen LogP contribution in [0.15, 0.2) is 18.3 Å². The molecule has 3 N–H and O–H groups in total. The largest absolute Gasteiger partial charge is 0.391 e. The number of nitrogens with two attached hydrogens (primary N) is 1. The lowest BCUT2D eigenvalue weighted by Crippen LogP contribution is -2.46. The van der Waals surface area contributed by atoms with Crippen LogP contribution in [0.5, 0.6) is 0 Å². The molecule has 2 atom stereocenters. The van der Waals surface area contributed by atoms with E-state index >= 15 is 0 Å². The molecular weight excluding hydrogens is 230 g/mol. The van der Waals surface area contributed by atoms with Gasteiger partial charge in [0.2, 0.25) is 0 Å². The van der Waals surface area contributed by atoms with Crippen LogP contribution in [-0.2, 0) is 0 Å². The van der Waals surface area contributed by atoms with E-state index in [0.29, 0.717) is 11.4 Å². The third kappa shape index (κ3) is 2.61. The van der Waals surface area contributed by atoms with Crippen molar-refractivity contribution in [3.63, 3.8) is 0 Å².